The highest BCUT2D eigenvalue weighted by atomic mass is 35.5. The van der Waals surface area contributed by atoms with Gasteiger partial charge in [0.05, 0.1) is 0 Å². The number of aliphatic imine (C=N–C) groups is 1. The van der Waals surface area contributed by atoms with E-state index in [0.29, 0.717) is 5.17 Å². The number of hydrogen-bond acceptors (Lipinski definition) is 3. The first-order valence-electron chi connectivity index (χ1n) is 4.67. The Morgan fingerprint density at radius 1 is 1.43 bits per heavy atom. The molecule has 0 rings (SSSR count). The van der Waals surface area contributed by atoms with E-state index in [9.17, 15) is 5.11 Å². The standard InChI is InChI=1S/C10H19ClN2O/c1-7(2)12-10(11)6-8(3)13(5)9(4)14/h6-7,9,14H,1-5H3/b8-6+,12-10?. The summed E-state index contributed by atoms with van der Waals surface area (Å²) in [6, 6.07) is 0.184. The van der Waals surface area contributed by atoms with Crippen LogP contribution < -0.4 is 0 Å². The zero-order valence-electron chi connectivity index (χ0n) is 9.45. The highest BCUT2D eigenvalue weighted by molar-refractivity contribution is 6.68. The Kier molecular flexibility index (Phi) is 5.81. The monoisotopic (exact) mass is 218 g/mol. The second-order valence-electron chi connectivity index (χ2n) is 3.57. The molecule has 0 aliphatic rings. The number of hydrogen-bond donors (Lipinski definition) is 1. The van der Waals surface area contributed by atoms with Crippen molar-refractivity contribution in [2.75, 3.05) is 7.05 Å². The van der Waals surface area contributed by atoms with E-state index in [1.807, 2.05) is 20.8 Å². The molecule has 0 spiro atoms. The average molecular weight is 219 g/mol. The molecule has 1 unspecified atom stereocenters. The molecule has 0 aromatic rings. The van der Waals surface area contributed by atoms with Gasteiger partial charge in [-0.1, -0.05) is 11.6 Å². The predicted octanol–water partition coefficient (Wildman–Crippen LogP) is 2.21. The largest absolute Gasteiger partial charge is 0.374 e. The van der Waals surface area contributed by atoms with E-state index in [4.69, 9.17) is 11.6 Å². The van der Waals surface area contributed by atoms with E-state index < -0.39 is 6.23 Å². The molecule has 0 heterocycles. The predicted molar refractivity (Wildman–Crippen MR) is 61.6 cm³/mol. The fourth-order valence-corrected chi connectivity index (χ4v) is 1.21. The maximum absolute atomic E-state index is 9.29. The molecule has 0 aromatic carbocycles. The van der Waals surface area contributed by atoms with Crippen LogP contribution >= 0.6 is 11.6 Å². The fraction of sp³-hybridized carbons (Fsp3) is 0.700. The van der Waals surface area contributed by atoms with Gasteiger partial charge >= 0.3 is 0 Å². The molecule has 0 aliphatic carbocycles. The molecule has 3 nitrogen and oxygen atoms in total. The molecule has 0 radical (unpaired) electrons. The van der Waals surface area contributed by atoms with Crippen LogP contribution in [0.25, 0.3) is 0 Å². The SMILES string of the molecule is C/C(=C\C(Cl)=NC(C)C)N(C)C(C)O. The van der Waals surface area contributed by atoms with Crippen LogP contribution in [0.3, 0.4) is 0 Å². The topological polar surface area (TPSA) is 35.8 Å². The van der Waals surface area contributed by atoms with Crippen LogP contribution in [0.1, 0.15) is 27.7 Å². The molecule has 0 aliphatic heterocycles. The number of nitrogens with zero attached hydrogens (tertiary/aromatic N) is 2. The summed E-state index contributed by atoms with van der Waals surface area (Å²) in [5, 5.41) is 9.75. The van der Waals surface area contributed by atoms with Gasteiger partial charge in [0, 0.05) is 18.8 Å². The molecule has 4 heteroatoms. The molecule has 82 valence electrons. The molecular weight excluding hydrogens is 200 g/mol. The zero-order chi connectivity index (χ0) is 11.3. The van der Waals surface area contributed by atoms with Gasteiger partial charge in [-0.2, -0.15) is 0 Å². The molecule has 0 aromatic heterocycles. The van der Waals surface area contributed by atoms with Gasteiger partial charge in [0.25, 0.3) is 0 Å². The Morgan fingerprint density at radius 3 is 2.29 bits per heavy atom. The molecule has 0 amide bonds. The first-order valence-corrected chi connectivity index (χ1v) is 5.05. The molecule has 1 N–H and O–H groups in total. The van der Waals surface area contributed by atoms with Crippen molar-refractivity contribution < 1.29 is 5.11 Å². The van der Waals surface area contributed by atoms with Gasteiger partial charge in [-0.15, -0.1) is 0 Å². The number of rotatable bonds is 4. The molecule has 14 heavy (non-hydrogen) atoms. The third-order valence-corrected chi connectivity index (χ3v) is 2.03. The smallest absolute Gasteiger partial charge is 0.125 e. The Hall–Kier alpha value is -0.540. The zero-order valence-corrected chi connectivity index (χ0v) is 10.2. The summed E-state index contributed by atoms with van der Waals surface area (Å²) in [4.78, 5) is 5.88. The van der Waals surface area contributed by atoms with Crippen molar-refractivity contribution in [2.24, 2.45) is 4.99 Å². The van der Waals surface area contributed by atoms with Crippen molar-refractivity contribution in [3.63, 3.8) is 0 Å². The van der Waals surface area contributed by atoms with Crippen LogP contribution in [-0.4, -0.2) is 34.5 Å². The lowest BCUT2D eigenvalue weighted by Gasteiger charge is -2.22. The van der Waals surface area contributed by atoms with Crippen molar-refractivity contribution in [1.82, 2.24) is 4.90 Å². The first kappa shape index (κ1) is 13.5. The van der Waals surface area contributed by atoms with Gasteiger partial charge < -0.3 is 10.0 Å². The van der Waals surface area contributed by atoms with E-state index >= 15 is 0 Å². The average Bonchev–Trinajstić information content (AvgIpc) is 2.00. The highest BCUT2D eigenvalue weighted by Gasteiger charge is 2.05. The fourth-order valence-electron chi connectivity index (χ4n) is 0.853. The van der Waals surface area contributed by atoms with Crippen LogP contribution in [0.15, 0.2) is 16.8 Å². The summed E-state index contributed by atoms with van der Waals surface area (Å²) in [5.41, 5.74) is 0.884. The molecule has 0 saturated carbocycles. The van der Waals surface area contributed by atoms with Gasteiger partial charge in [0.1, 0.15) is 11.4 Å². The lowest BCUT2D eigenvalue weighted by atomic mass is 10.3. The molecular formula is C10H19ClN2O. The van der Waals surface area contributed by atoms with Crippen LogP contribution in [0.5, 0.6) is 0 Å². The Morgan fingerprint density at radius 2 is 1.93 bits per heavy atom. The van der Waals surface area contributed by atoms with E-state index in [0.717, 1.165) is 5.70 Å². The summed E-state index contributed by atoms with van der Waals surface area (Å²) in [6.45, 7) is 7.50. The van der Waals surface area contributed by atoms with E-state index in [1.54, 1.807) is 24.9 Å². The lowest BCUT2D eigenvalue weighted by Crippen LogP contribution is -2.26. The van der Waals surface area contributed by atoms with Gasteiger partial charge in [0.2, 0.25) is 0 Å². The van der Waals surface area contributed by atoms with Crippen molar-refractivity contribution in [3.05, 3.63) is 11.8 Å². The minimum absolute atomic E-state index is 0.184. The first-order chi connectivity index (χ1) is 6.34. The third kappa shape index (κ3) is 5.25. The molecule has 0 saturated heterocycles. The van der Waals surface area contributed by atoms with E-state index in [2.05, 4.69) is 4.99 Å². The second kappa shape index (κ2) is 6.04. The normalized spacial score (nSPS) is 16.0. The Bertz CT molecular complexity index is 234. The van der Waals surface area contributed by atoms with Crippen molar-refractivity contribution in [2.45, 2.75) is 40.0 Å². The number of aliphatic hydroxyl groups is 1. The van der Waals surface area contributed by atoms with Crippen molar-refractivity contribution >= 4 is 16.8 Å². The minimum Gasteiger partial charge on any atom is -0.374 e. The van der Waals surface area contributed by atoms with Crippen LogP contribution in [-0.2, 0) is 0 Å². The summed E-state index contributed by atoms with van der Waals surface area (Å²) >= 11 is 5.88. The maximum atomic E-state index is 9.29. The van der Waals surface area contributed by atoms with Gasteiger partial charge in [-0.05, 0) is 33.8 Å². The minimum atomic E-state index is -0.519. The Balaban J connectivity index is 4.51. The van der Waals surface area contributed by atoms with Gasteiger partial charge in [-0.25, -0.2) is 0 Å². The summed E-state index contributed by atoms with van der Waals surface area (Å²) in [5.74, 6) is 0. The van der Waals surface area contributed by atoms with Crippen LogP contribution in [0.4, 0.5) is 0 Å². The van der Waals surface area contributed by atoms with Gasteiger partial charge in [-0.3, -0.25) is 4.99 Å². The summed E-state index contributed by atoms with van der Waals surface area (Å²) < 4.78 is 0. The highest BCUT2D eigenvalue weighted by Crippen LogP contribution is 2.06. The number of halogens is 1. The maximum Gasteiger partial charge on any atom is 0.125 e. The van der Waals surface area contributed by atoms with Crippen LogP contribution in [0, 0.1) is 0 Å². The molecule has 0 bridgehead atoms. The van der Waals surface area contributed by atoms with E-state index in [-0.39, 0.29) is 6.04 Å². The summed E-state index contributed by atoms with van der Waals surface area (Å²) in [7, 11) is 1.80. The molecule has 1 atom stereocenters. The van der Waals surface area contributed by atoms with Crippen molar-refractivity contribution in [1.29, 1.82) is 0 Å². The number of allylic oxidation sites excluding steroid dienone is 2. The summed E-state index contributed by atoms with van der Waals surface area (Å²) in [6.07, 6.45) is 1.23. The quantitative estimate of drug-likeness (QED) is 0.580. The van der Waals surface area contributed by atoms with Crippen LogP contribution in [0.2, 0.25) is 0 Å². The number of aliphatic hydroxyl groups excluding tert-OH is 1. The lowest BCUT2D eigenvalue weighted by molar-refractivity contribution is 0.0636. The van der Waals surface area contributed by atoms with Crippen molar-refractivity contribution in [3.8, 4) is 0 Å². The van der Waals surface area contributed by atoms with E-state index in [1.165, 1.54) is 0 Å². The Labute approximate surface area is 91.1 Å². The molecule has 0 fully saturated rings. The third-order valence-electron chi connectivity index (χ3n) is 1.83. The van der Waals surface area contributed by atoms with Gasteiger partial charge in [0.15, 0.2) is 0 Å². The second-order valence-corrected chi connectivity index (χ2v) is 3.96.